The number of thiocarbonyl (C=S) groups is 1. The molecule has 1 aliphatic carbocycles. The Morgan fingerprint density at radius 1 is 1.37 bits per heavy atom. The fraction of sp³-hybridized carbons (Fsp3) is 0.857. The number of amides is 1. The van der Waals surface area contributed by atoms with E-state index in [1.807, 2.05) is 25.6 Å². The van der Waals surface area contributed by atoms with Crippen LogP contribution in [0.1, 0.15) is 52.4 Å². The summed E-state index contributed by atoms with van der Waals surface area (Å²) in [7, 11) is 0. The first kappa shape index (κ1) is 16.8. The third-order valence-corrected chi connectivity index (χ3v) is 6.00. The van der Waals surface area contributed by atoms with E-state index in [1.165, 1.54) is 19.3 Å². The van der Waals surface area contributed by atoms with Crippen LogP contribution in [0.4, 0.5) is 0 Å². The molecular weight excluding hydrogens is 276 g/mol. The fourth-order valence-corrected chi connectivity index (χ4v) is 4.20. The molecule has 5 heteroatoms. The first-order valence-electron chi connectivity index (χ1n) is 7.15. The van der Waals surface area contributed by atoms with Crippen LogP contribution in [-0.4, -0.2) is 28.4 Å². The Kier molecular flexibility index (Phi) is 6.60. The average Bonchev–Trinajstić information content (AvgIpc) is 2.41. The number of carbonyl (C=O) groups is 1. The summed E-state index contributed by atoms with van der Waals surface area (Å²) in [6.45, 7) is 3.96. The van der Waals surface area contributed by atoms with E-state index in [4.69, 9.17) is 18.0 Å². The summed E-state index contributed by atoms with van der Waals surface area (Å²) < 4.78 is 0. The maximum atomic E-state index is 12.6. The van der Waals surface area contributed by atoms with E-state index in [2.05, 4.69) is 11.6 Å². The Bertz CT molecular complexity index is 329. The van der Waals surface area contributed by atoms with Gasteiger partial charge in [0.05, 0.1) is 10.4 Å². The molecule has 1 aliphatic rings. The molecule has 1 rings (SSSR count). The van der Waals surface area contributed by atoms with Gasteiger partial charge in [-0.1, -0.05) is 38.9 Å². The smallest absolute Gasteiger partial charge is 0.233 e. The molecule has 0 radical (unpaired) electrons. The second-order valence-corrected chi connectivity index (χ2v) is 6.81. The second-order valence-electron chi connectivity index (χ2n) is 5.29. The molecular formula is C14H26N2OS2. The number of nitrogens with two attached hydrogens (primary N) is 1. The van der Waals surface area contributed by atoms with Gasteiger partial charge in [-0.2, -0.15) is 11.8 Å². The largest absolute Gasteiger partial charge is 0.392 e. The van der Waals surface area contributed by atoms with Crippen LogP contribution in [0.2, 0.25) is 0 Å². The summed E-state index contributed by atoms with van der Waals surface area (Å²) in [5.74, 6) is 0.0240. The molecule has 2 atom stereocenters. The van der Waals surface area contributed by atoms with Crippen molar-refractivity contribution in [3.8, 4) is 0 Å². The first-order chi connectivity index (χ1) is 9.01. The highest BCUT2D eigenvalue weighted by atomic mass is 32.2. The van der Waals surface area contributed by atoms with Gasteiger partial charge < -0.3 is 11.1 Å². The van der Waals surface area contributed by atoms with Gasteiger partial charge in [-0.3, -0.25) is 4.79 Å². The summed E-state index contributed by atoms with van der Waals surface area (Å²) in [5, 5.41) is 3.74. The van der Waals surface area contributed by atoms with Gasteiger partial charge in [0.15, 0.2) is 0 Å². The summed E-state index contributed by atoms with van der Waals surface area (Å²) in [5.41, 5.74) is 5.16. The van der Waals surface area contributed by atoms with Crippen LogP contribution in [0.3, 0.4) is 0 Å². The van der Waals surface area contributed by atoms with Gasteiger partial charge in [0, 0.05) is 11.3 Å². The van der Waals surface area contributed by atoms with Crippen molar-refractivity contribution in [2.75, 3.05) is 6.26 Å². The molecule has 0 bridgehead atoms. The minimum atomic E-state index is -0.671. The third-order valence-electron chi connectivity index (χ3n) is 4.44. The molecule has 1 amide bonds. The normalized spacial score (nSPS) is 23.9. The molecule has 3 N–H and O–H groups in total. The number of carbonyl (C=O) groups excluding carboxylic acids is 1. The molecule has 1 fully saturated rings. The molecule has 0 aromatic rings. The van der Waals surface area contributed by atoms with Crippen molar-refractivity contribution >= 4 is 34.9 Å². The maximum Gasteiger partial charge on any atom is 0.233 e. The highest BCUT2D eigenvalue weighted by molar-refractivity contribution is 7.99. The van der Waals surface area contributed by atoms with Crippen LogP contribution in [0.25, 0.3) is 0 Å². The Balaban J connectivity index is 2.78. The molecule has 0 heterocycles. The number of rotatable bonds is 6. The van der Waals surface area contributed by atoms with Gasteiger partial charge in [0.25, 0.3) is 0 Å². The third kappa shape index (κ3) is 3.63. The lowest BCUT2D eigenvalue weighted by molar-refractivity contribution is -0.128. The van der Waals surface area contributed by atoms with E-state index in [0.717, 1.165) is 6.42 Å². The lowest BCUT2D eigenvalue weighted by Gasteiger charge is -2.35. The number of hydrogen-bond donors (Lipinski definition) is 2. The SMILES string of the molecule is CCC(CC)(C(=O)NC1CCCCC1SC)C(N)=S. The monoisotopic (exact) mass is 302 g/mol. The molecule has 0 aliphatic heterocycles. The van der Waals surface area contributed by atoms with Gasteiger partial charge in [0.2, 0.25) is 5.91 Å². The van der Waals surface area contributed by atoms with E-state index in [-0.39, 0.29) is 11.9 Å². The van der Waals surface area contributed by atoms with Crippen LogP contribution >= 0.6 is 24.0 Å². The van der Waals surface area contributed by atoms with Gasteiger partial charge in [-0.05, 0) is 31.9 Å². The second kappa shape index (κ2) is 7.48. The number of hydrogen-bond acceptors (Lipinski definition) is 3. The lowest BCUT2D eigenvalue weighted by atomic mass is 9.80. The van der Waals surface area contributed by atoms with Crippen LogP contribution in [0.5, 0.6) is 0 Å². The standard InChI is InChI=1S/C14H26N2OS2/c1-4-14(5-2,12(15)18)13(17)16-10-8-6-7-9-11(10)19-3/h10-11H,4-9H2,1-3H3,(H2,15,18)(H,16,17). The molecule has 0 aromatic heterocycles. The quantitative estimate of drug-likeness (QED) is 0.741. The molecule has 19 heavy (non-hydrogen) atoms. The molecule has 3 nitrogen and oxygen atoms in total. The van der Waals surface area contributed by atoms with Crippen LogP contribution in [0, 0.1) is 5.41 Å². The maximum absolute atomic E-state index is 12.6. The van der Waals surface area contributed by atoms with Crippen molar-refractivity contribution in [2.45, 2.75) is 63.7 Å². The Hall–Kier alpha value is -0.290. The van der Waals surface area contributed by atoms with Crippen molar-refractivity contribution in [1.82, 2.24) is 5.32 Å². The topological polar surface area (TPSA) is 55.1 Å². The van der Waals surface area contributed by atoms with Gasteiger partial charge >= 0.3 is 0 Å². The highest BCUT2D eigenvalue weighted by Crippen LogP contribution is 2.31. The van der Waals surface area contributed by atoms with E-state index in [9.17, 15) is 4.79 Å². The minimum absolute atomic E-state index is 0.0240. The fourth-order valence-electron chi connectivity index (χ4n) is 2.88. The van der Waals surface area contributed by atoms with Crippen molar-refractivity contribution in [2.24, 2.45) is 11.1 Å². The lowest BCUT2D eigenvalue weighted by Crippen LogP contribution is -2.53. The predicted octanol–water partition coefficient (Wildman–Crippen LogP) is 2.87. The Morgan fingerprint density at radius 2 is 1.95 bits per heavy atom. The van der Waals surface area contributed by atoms with Gasteiger partial charge in [-0.25, -0.2) is 0 Å². The van der Waals surface area contributed by atoms with E-state index < -0.39 is 5.41 Å². The number of thioether (sulfide) groups is 1. The summed E-state index contributed by atoms with van der Waals surface area (Å²) in [6.07, 6.45) is 8.17. The molecule has 0 saturated heterocycles. The molecule has 0 spiro atoms. The Labute approximate surface area is 126 Å². The summed E-state index contributed by atoms with van der Waals surface area (Å²) in [4.78, 5) is 12.9. The first-order valence-corrected chi connectivity index (χ1v) is 8.85. The van der Waals surface area contributed by atoms with E-state index >= 15 is 0 Å². The zero-order valence-electron chi connectivity index (χ0n) is 12.2. The van der Waals surface area contributed by atoms with Crippen molar-refractivity contribution in [1.29, 1.82) is 0 Å². The van der Waals surface area contributed by atoms with E-state index in [1.54, 1.807) is 0 Å². The molecule has 2 unspecified atom stereocenters. The highest BCUT2D eigenvalue weighted by Gasteiger charge is 2.40. The minimum Gasteiger partial charge on any atom is -0.392 e. The van der Waals surface area contributed by atoms with Crippen molar-refractivity contribution < 1.29 is 4.79 Å². The van der Waals surface area contributed by atoms with E-state index in [0.29, 0.717) is 23.1 Å². The zero-order valence-corrected chi connectivity index (χ0v) is 13.8. The van der Waals surface area contributed by atoms with Crippen LogP contribution in [0.15, 0.2) is 0 Å². The van der Waals surface area contributed by atoms with Gasteiger partial charge in [0.1, 0.15) is 0 Å². The van der Waals surface area contributed by atoms with Crippen LogP contribution in [-0.2, 0) is 4.79 Å². The molecule has 110 valence electrons. The predicted molar refractivity (Wildman–Crippen MR) is 87.5 cm³/mol. The zero-order chi connectivity index (χ0) is 14.5. The van der Waals surface area contributed by atoms with Crippen molar-refractivity contribution in [3.05, 3.63) is 0 Å². The van der Waals surface area contributed by atoms with Crippen molar-refractivity contribution in [3.63, 3.8) is 0 Å². The number of nitrogens with one attached hydrogen (secondary N) is 1. The summed E-state index contributed by atoms with van der Waals surface area (Å²) in [6, 6.07) is 0.267. The van der Waals surface area contributed by atoms with Crippen LogP contribution < -0.4 is 11.1 Å². The Morgan fingerprint density at radius 3 is 2.42 bits per heavy atom. The molecule has 1 saturated carbocycles. The summed E-state index contributed by atoms with van der Waals surface area (Å²) >= 11 is 6.99. The average molecular weight is 303 g/mol. The van der Waals surface area contributed by atoms with Gasteiger partial charge in [-0.15, -0.1) is 0 Å². The molecule has 0 aromatic carbocycles.